The number of carbonyl (C=O) groups excluding carboxylic acids is 2. The Kier molecular flexibility index (Phi) is 6.54. The van der Waals surface area contributed by atoms with E-state index in [1.54, 1.807) is 12.1 Å². The smallest absolute Gasteiger partial charge is 0.338 e. The van der Waals surface area contributed by atoms with Crippen LogP contribution < -0.4 is 14.8 Å². The summed E-state index contributed by atoms with van der Waals surface area (Å²) in [5.74, 6) is -0.904. The Labute approximate surface area is 161 Å². The van der Waals surface area contributed by atoms with Crippen molar-refractivity contribution in [2.24, 2.45) is 0 Å². The maximum absolute atomic E-state index is 12.5. The molecule has 28 heavy (non-hydrogen) atoms. The molecule has 1 amide bonds. The largest absolute Gasteiger partial charge is 0.495 e. The second-order valence-corrected chi connectivity index (χ2v) is 5.88. The number of nitrogens with zero attached hydrogens (tertiary/aromatic N) is 1. The molecule has 148 valence electrons. The lowest BCUT2D eigenvalue weighted by atomic mass is 10.2. The van der Waals surface area contributed by atoms with E-state index >= 15 is 0 Å². The van der Waals surface area contributed by atoms with E-state index < -0.39 is 28.6 Å². The zero-order valence-electron chi connectivity index (χ0n) is 15.8. The Hall–Kier alpha value is -3.62. The molecule has 2 aromatic rings. The zero-order valence-corrected chi connectivity index (χ0v) is 15.8. The number of ether oxygens (including phenoxy) is 3. The Morgan fingerprint density at radius 1 is 1.11 bits per heavy atom. The highest BCUT2D eigenvalue weighted by Crippen LogP contribution is 2.30. The van der Waals surface area contributed by atoms with Gasteiger partial charge in [-0.15, -0.1) is 0 Å². The van der Waals surface area contributed by atoms with E-state index in [0.29, 0.717) is 11.4 Å². The van der Waals surface area contributed by atoms with Gasteiger partial charge in [0.2, 0.25) is 0 Å². The first-order valence-electron chi connectivity index (χ1n) is 8.25. The first-order chi connectivity index (χ1) is 13.3. The van der Waals surface area contributed by atoms with Crippen LogP contribution in [0.1, 0.15) is 22.8 Å². The monoisotopic (exact) mass is 388 g/mol. The number of rotatable bonds is 7. The van der Waals surface area contributed by atoms with Crippen molar-refractivity contribution in [3.8, 4) is 11.5 Å². The normalized spacial score (nSPS) is 11.3. The van der Waals surface area contributed by atoms with Crippen molar-refractivity contribution in [2.45, 2.75) is 20.0 Å². The van der Waals surface area contributed by atoms with Crippen molar-refractivity contribution in [1.29, 1.82) is 0 Å². The van der Waals surface area contributed by atoms with Crippen LogP contribution in [0.15, 0.2) is 36.4 Å². The fraction of sp³-hybridized carbons (Fsp3) is 0.263. The molecule has 0 saturated carbocycles. The van der Waals surface area contributed by atoms with Crippen LogP contribution in [0, 0.1) is 17.0 Å². The molecule has 0 aliphatic heterocycles. The lowest BCUT2D eigenvalue weighted by Gasteiger charge is -2.16. The summed E-state index contributed by atoms with van der Waals surface area (Å²) >= 11 is 0. The number of benzene rings is 2. The molecule has 0 heterocycles. The topological polar surface area (TPSA) is 117 Å². The highest BCUT2D eigenvalue weighted by atomic mass is 16.6. The van der Waals surface area contributed by atoms with Crippen LogP contribution in [0.5, 0.6) is 11.5 Å². The van der Waals surface area contributed by atoms with Gasteiger partial charge in [-0.25, -0.2) is 4.79 Å². The molecular weight excluding hydrogens is 368 g/mol. The standard InChI is InChI=1S/C19H20N2O7/c1-11-5-7-16(26-3)14(9-11)20-18(22)12(2)28-17-8-6-13(19(23)27-4)10-15(17)21(24)25/h5-10,12H,1-4H3,(H,20,22)/t12-/m0/s1. The maximum Gasteiger partial charge on any atom is 0.338 e. The summed E-state index contributed by atoms with van der Waals surface area (Å²) in [7, 11) is 2.65. The predicted octanol–water partition coefficient (Wildman–Crippen LogP) is 3.10. The van der Waals surface area contributed by atoms with Crippen LogP contribution >= 0.6 is 0 Å². The van der Waals surface area contributed by atoms with Crippen molar-refractivity contribution in [2.75, 3.05) is 19.5 Å². The number of carbonyl (C=O) groups is 2. The SMILES string of the molecule is COC(=O)c1ccc(O[C@@H](C)C(=O)Nc2cc(C)ccc2OC)c([N+](=O)[O-])c1. The minimum Gasteiger partial charge on any atom is -0.495 e. The van der Waals surface area contributed by atoms with E-state index in [0.717, 1.165) is 11.6 Å². The number of hydrogen-bond donors (Lipinski definition) is 1. The van der Waals surface area contributed by atoms with Crippen molar-refractivity contribution in [3.05, 3.63) is 57.6 Å². The van der Waals surface area contributed by atoms with Gasteiger partial charge in [-0.3, -0.25) is 14.9 Å². The zero-order chi connectivity index (χ0) is 20.8. The molecule has 1 atom stereocenters. The number of nitro benzene ring substituents is 1. The summed E-state index contributed by atoms with van der Waals surface area (Å²) < 4.78 is 15.2. The molecule has 2 rings (SSSR count). The Morgan fingerprint density at radius 3 is 2.39 bits per heavy atom. The molecule has 0 radical (unpaired) electrons. The summed E-state index contributed by atoms with van der Waals surface area (Å²) in [6.45, 7) is 3.32. The first-order valence-corrected chi connectivity index (χ1v) is 8.25. The van der Waals surface area contributed by atoms with Gasteiger partial charge >= 0.3 is 11.7 Å². The number of anilines is 1. The minimum absolute atomic E-state index is 0.00292. The third kappa shape index (κ3) is 4.76. The van der Waals surface area contributed by atoms with Gasteiger partial charge in [-0.1, -0.05) is 6.07 Å². The molecule has 0 fully saturated rings. The van der Waals surface area contributed by atoms with Crippen molar-refractivity contribution >= 4 is 23.3 Å². The number of aryl methyl sites for hydroxylation is 1. The molecule has 2 aromatic carbocycles. The Balaban J connectivity index is 2.21. The van der Waals surface area contributed by atoms with Crippen LogP contribution in [0.25, 0.3) is 0 Å². The third-order valence-corrected chi connectivity index (χ3v) is 3.86. The Morgan fingerprint density at radius 2 is 1.79 bits per heavy atom. The molecule has 9 nitrogen and oxygen atoms in total. The average molecular weight is 388 g/mol. The number of esters is 1. The Bertz CT molecular complexity index is 911. The van der Waals surface area contributed by atoms with E-state index in [1.165, 1.54) is 33.3 Å². The second-order valence-electron chi connectivity index (χ2n) is 5.88. The van der Waals surface area contributed by atoms with Gasteiger partial charge in [0.15, 0.2) is 11.9 Å². The highest BCUT2D eigenvalue weighted by Gasteiger charge is 2.24. The molecule has 0 bridgehead atoms. The van der Waals surface area contributed by atoms with Gasteiger partial charge in [0.25, 0.3) is 5.91 Å². The fourth-order valence-corrected chi connectivity index (χ4v) is 2.40. The van der Waals surface area contributed by atoms with Gasteiger partial charge < -0.3 is 19.5 Å². The van der Waals surface area contributed by atoms with Crippen LogP contribution in [0.4, 0.5) is 11.4 Å². The first kappa shape index (κ1) is 20.7. The molecule has 0 aliphatic rings. The number of nitro groups is 1. The highest BCUT2D eigenvalue weighted by molar-refractivity contribution is 5.95. The van der Waals surface area contributed by atoms with Crippen LogP contribution in [0.3, 0.4) is 0 Å². The number of hydrogen-bond acceptors (Lipinski definition) is 7. The summed E-state index contributed by atoms with van der Waals surface area (Å²) in [6, 6.07) is 8.89. The molecule has 0 aromatic heterocycles. The summed E-state index contributed by atoms with van der Waals surface area (Å²) in [6.07, 6.45) is -1.05. The molecule has 1 N–H and O–H groups in total. The second kappa shape index (κ2) is 8.85. The van der Waals surface area contributed by atoms with Crippen molar-refractivity contribution < 1.29 is 28.7 Å². The van der Waals surface area contributed by atoms with Crippen LogP contribution in [-0.4, -0.2) is 37.1 Å². The van der Waals surface area contributed by atoms with E-state index in [-0.39, 0.29) is 11.3 Å². The summed E-state index contributed by atoms with van der Waals surface area (Å²) in [4.78, 5) is 34.6. The molecule has 0 aliphatic carbocycles. The van der Waals surface area contributed by atoms with E-state index in [9.17, 15) is 19.7 Å². The van der Waals surface area contributed by atoms with E-state index in [2.05, 4.69) is 10.1 Å². The predicted molar refractivity (Wildman–Crippen MR) is 101 cm³/mol. The minimum atomic E-state index is -1.05. The average Bonchev–Trinajstić information content (AvgIpc) is 2.67. The molecule has 9 heteroatoms. The molecule has 0 saturated heterocycles. The quantitative estimate of drug-likeness (QED) is 0.440. The number of methoxy groups -OCH3 is 2. The summed E-state index contributed by atoms with van der Waals surface area (Å²) in [5, 5.41) is 14.0. The van der Waals surface area contributed by atoms with Crippen molar-refractivity contribution in [3.63, 3.8) is 0 Å². The summed E-state index contributed by atoms with van der Waals surface area (Å²) in [5.41, 5.74) is 0.927. The lowest BCUT2D eigenvalue weighted by Crippen LogP contribution is -2.30. The number of nitrogens with one attached hydrogen (secondary N) is 1. The fourth-order valence-electron chi connectivity index (χ4n) is 2.40. The van der Waals surface area contributed by atoms with E-state index in [4.69, 9.17) is 9.47 Å². The van der Waals surface area contributed by atoms with Gasteiger partial charge in [0.1, 0.15) is 5.75 Å². The van der Waals surface area contributed by atoms with Gasteiger partial charge in [0, 0.05) is 6.07 Å². The third-order valence-electron chi connectivity index (χ3n) is 3.86. The van der Waals surface area contributed by atoms with Crippen molar-refractivity contribution in [1.82, 2.24) is 0 Å². The van der Waals surface area contributed by atoms with Gasteiger partial charge in [-0.05, 0) is 43.7 Å². The van der Waals surface area contributed by atoms with Crippen LogP contribution in [-0.2, 0) is 9.53 Å². The number of amides is 1. The van der Waals surface area contributed by atoms with Gasteiger partial charge in [-0.2, -0.15) is 0 Å². The molecular formula is C19H20N2O7. The van der Waals surface area contributed by atoms with Gasteiger partial charge in [0.05, 0.1) is 30.4 Å². The van der Waals surface area contributed by atoms with Crippen LogP contribution in [0.2, 0.25) is 0 Å². The molecule has 0 unspecified atom stereocenters. The molecule has 0 spiro atoms. The van der Waals surface area contributed by atoms with E-state index in [1.807, 2.05) is 13.0 Å². The lowest BCUT2D eigenvalue weighted by molar-refractivity contribution is -0.386. The maximum atomic E-state index is 12.5.